The maximum absolute atomic E-state index is 11.2. The molecule has 1 saturated heterocycles. The van der Waals surface area contributed by atoms with Gasteiger partial charge in [-0.3, -0.25) is 4.90 Å². The van der Waals surface area contributed by atoms with Crippen molar-refractivity contribution in [1.82, 2.24) is 14.8 Å². The smallest absolute Gasteiger partial charge is 0.208 e. The van der Waals surface area contributed by atoms with Crippen molar-refractivity contribution in [2.45, 2.75) is 52.1 Å². The van der Waals surface area contributed by atoms with Crippen LogP contribution in [0.1, 0.15) is 42.7 Å². The second kappa shape index (κ2) is 6.89. The number of sulfonamides is 1. The summed E-state index contributed by atoms with van der Waals surface area (Å²) in [7, 11) is -3.10. The Balaban J connectivity index is 1.95. The van der Waals surface area contributed by atoms with E-state index < -0.39 is 10.0 Å². The van der Waals surface area contributed by atoms with Crippen molar-refractivity contribution < 1.29 is 12.9 Å². The van der Waals surface area contributed by atoms with Crippen molar-refractivity contribution in [2.24, 2.45) is 0 Å². The molecule has 1 aromatic heterocycles. The highest BCUT2D eigenvalue weighted by Gasteiger charge is 2.24. The summed E-state index contributed by atoms with van der Waals surface area (Å²) in [6.45, 7) is 6.30. The van der Waals surface area contributed by atoms with Crippen LogP contribution in [0.15, 0.2) is 4.52 Å². The summed E-state index contributed by atoms with van der Waals surface area (Å²) in [6.07, 6.45) is 5.57. The molecule has 1 aliphatic rings. The molecule has 0 saturated carbocycles. The average molecular weight is 315 g/mol. The number of hydrogen-bond acceptors (Lipinski definition) is 5. The summed E-state index contributed by atoms with van der Waals surface area (Å²) in [5, 5.41) is 4.01. The molecule has 1 atom stereocenters. The minimum Gasteiger partial charge on any atom is -0.361 e. The Kier molecular flexibility index (Phi) is 5.40. The molecule has 1 fully saturated rings. The number of rotatable bonds is 6. The van der Waals surface area contributed by atoms with Crippen LogP contribution in [-0.2, 0) is 16.6 Å². The van der Waals surface area contributed by atoms with Gasteiger partial charge in [0.1, 0.15) is 5.76 Å². The van der Waals surface area contributed by atoms with Crippen LogP contribution < -0.4 is 4.72 Å². The number of hydrogen-bond donors (Lipinski definition) is 1. The SMILES string of the molecule is Cc1noc(C)c1CN1CCCC[C@H]1CCNS(C)(=O)=O. The van der Waals surface area contributed by atoms with Crippen LogP contribution in [-0.4, -0.2) is 43.9 Å². The van der Waals surface area contributed by atoms with Gasteiger partial charge in [0, 0.05) is 24.7 Å². The Morgan fingerprint density at radius 1 is 1.38 bits per heavy atom. The lowest BCUT2D eigenvalue weighted by Crippen LogP contribution is -2.41. The molecule has 0 aromatic carbocycles. The van der Waals surface area contributed by atoms with Gasteiger partial charge < -0.3 is 4.52 Å². The van der Waals surface area contributed by atoms with E-state index in [4.69, 9.17) is 4.52 Å². The van der Waals surface area contributed by atoms with Gasteiger partial charge >= 0.3 is 0 Å². The first kappa shape index (κ1) is 16.5. The van der Waals surface area contributed by atoms with E-state index in [1.807, 2.05) is 13.8 Å². The Labute approximate surface area is 126 Å². The van der Waals surface area contributed by atoms with E-state index >= 15 is 0 Å². The van der Waals surface area contributed by atoms with Crippen molar-refractivity contribution in [1.29, 1.82) is 0 Å². The quantitative estimate of drug-likeness (QED) is 0.862. The molecule has 0 radical (unpaired) electrons. The standard InChI is InChI=1S/C14H25N3O3S/c1-11-14(12(2)20-16-11)10-17-9-5-4-6-13(17)7-8-15-21(3,18)19/h13,15H,4-10H2,1-3H3/t13-/m0/s1. The summed E-state index contributed by atoms with van der Waals surface area (Å²) >= 11 is 0. The Morgan fingerprint density at radius 3 is 2.76 bits per heavy atom. The fourth-order valence-electron chi connectivity index (χ4n) is 2.94. The average Bonchev–Trinajstić information content (AvgIpc) is 2.71. The van der Waals surface area contributed by atoms with Crippen molar-refractivity contribution >= 4 is 10.0 Å². The number of aromatic nitrogens is 1. The van der Waals surface area contributed by atoms with E-state index in [-0.39, 0.29) is 0 Å². The molecule has 1 N–H and O–H groups in total. The molecule has 7 heteroatoms. The van der Waals surface area contributed by atoms with E-state index in [1.54, 1.807) is 0 Å². The van der Waals surface area contributed by atoms with Crippen molar-refractivity contribution in [3.05, 3.63) is 17.0 Å². The largest absolute Gasteiger partial charge is 0.361 e. The highest BCUT2D eigenvalue weighted by atomic mass is 32.2. The van der Waals surface area contributed by atoms with Gasteiger partial charge in [0.2, 0.25) is 10.0 Å². The van der Waals surface area contributed by atoms with Gasteiger partial charge in [-0.15, -0.1) is 0 Å². The van der Waals surface area contributed by atoms with Crippen molar-refractivity contribution in [3.63, 3.8) is 0 Å². The van der Waals surface area contributed by atoms with E-state index in [1.165, 1.54) is 19.1 Å². The zero-order valence-electron chi connectivity index (χ0n) is 13.1. The second-order valence-corrected chi connectivity index (χ2v) is 7.71. The third kappa shape index (κ3) is 4.79. The summed E-state index contributed by atoms with van der Waals surface area (Å²) < 4.78 is 30.1. The Morgan fingerprint density at radius 2 is 2.14 bits per heavy atom. The normalized spacial score (nSPS) is 20.8. The molecule has 6 nitrogen and oxygen atoms in total. The summed E-state index contributed by atoms with van der Waals surface area (Å²) in [4.78, 5) is 2.43. The van der Waals surface area contributed by atoms with Crippen LogP contribution in [0.5, 0.6) is 0 Å². The number of nitrogens with zero attached hydrogens (tertiary/aromatic N) is 2. The molecule has 0 aliphatic carbocycles. The predicted molar refractivity (Wildman–Crippen MR) is 81.5 cm³/mol. The Bertz CT molecular complexity index is 549. The summed E-state index contributed by atoms with van der Waals surface area (Å²) in [6, 6.07) is 0.418. The van der Waals surface area contributed by atoms with Gasteiger partial charge in [-0.05, 0) is 39.7 Å². The topological polar surface area (TPSA) is 75.4 Å². The zero-order chi connectivity index (χ0) is 15.5. The highest BCUT2D eigenvalue weighted by Crippen LogP contribution is 2.24. The van der Waals surface area contributed by atoms with Crippen LogP contribution in [0.3, 0.4) is 0 Å². The van der Waals surface area contributed by atoms with Crippen LogP contribution in [0, 0.1) is 13.8 Å². The lowest BCUT2D eigenvalue weighted by molar-refractivity contribution is 0.132. The van der Waals surface area contributed by atoms with Crippen molar-refractivity contribution in [2.75, 3.05) is 19.3 Å². The lowest BCUT2D eigenvalue weighted by Gasteiger charge is -2.35. The van der Waals surface area contributed by atoms with Crippen LogP contribution in [0.4, 0.5) is 0 Å². The second-order valence-electron chi connectivity index (χ2n) is 5.88. The number of likely N-dealkylation sites (tertiary alicyclic amines) is 1. The van der Waals surface area contributed by atoms with Gasteiger partial charge in [0.25, 0.3) is 0 Å². The number of aryl methyl sites for hydroxylation is 2. The van der Waals surface area contributed by atoms with Gasteiger partial charge in [-0.25, -0.2) is 13.1 Å². The molecule has 120 valence electrons. The molecule has 2 rings (SSSR count). The molecular formula is C14H25N3O3S. The van der Waals surface area contributed by atoms with E-state index in [2.05, 4.69) is 14.8 Å². The van der Waals surface area contributed by atoms with Crippen LogP contribution >= 0.6 is 0 Å². The van der Waals surface area contributed by atoms with Crippen molar-refractivity contribution in [3.8, 4) is 0 Å². The summed E-state index contributed by atoms with van der Waals surface area (Å²) in [5.41, 5.74) is 2.11. The third-order valence-corrected chi connectivity index (χ3v) is 4.86. The monoisotopic (exact) mass is 315 g/mol. The highest BCUT2D eigenvalue weighted by molar-refractivity contribution is 7.88. The van der Waals surface area contributed by atoms with E-state index in [0.717, 1.165) is 42.9 Å². The fourth-order valence-corrected chi connectivity index (χ4v) is 3.43. The first-order valence-electron chi connectivity index (χ1n) is 7.47. The third-order valence-electron chi connectivity index (χ3n) is 4.13. The van der Waals surface area contributed by atoms with E-state index in [0.29, 0.717) is 12.6 Å². The fraction of sp³-hybridized carbons (Fsp3) is 0.786. The lowest BCUT2D eigenvalue weighted by atomic mass is 9.98. The molecule has 1 aliphatic heterocycles. The molecule has 1 aromatic rings. The minimum absolute atomic E-state index is 0.418. The molecule has 0 amide bonds. The summed E-state index contributed by atoms with van der Waals surface area (Å²) in [5.74, 6) is 0.881. The molecule has 21 heavy (non-hydrogen) atoms. The molecule has 2 heterocycles. The van der Waals surface area contributed by atoms with Crippen LogP contribution in [0.2, 0.25) is 0 Å². The van der Waals surface area contributed by atoms with Gasteiger partial charge in [0.15, 0.2) is 0 Å². The first-order chi connectivity index (χ1) is 9.87. The van der Waals surface area contributed by atoms with Crippen LogP contribution in [0.25, 0.3) is 0 Å². The molecule has 0 spiro atoms. The maximum atomic E-state index is 11.2. The Hall–Kier alpha value is -0.920. The van der Waals surface area contributed by atoms with E-state index in [9.17, 15) is 8.42 Å². The predicted octanol–water partition coefficient (Wildman–Crippen LogP) is 1.59. The maximum Gasteiger partial charge on any atom is 0.208 e. The molecular weight excluding hydrogens is 290 g/mol. The first-order valence-corrected chi connectivity index (χ1v) is 9.36. The van der Waals surface area contributed by atoms with Gasteiger partial charge in [0.05, 0.1) is 11.9 Å². The van der Waals surface area contributed by atoms with Gasteiger partial charge in [-0.2, -0.15) is 0 Å². The van der Waals surface area contributed by atoms with Gasteiger partial charge in [-0.1, -0.05) is 11.6 Å². The minimum atomic E-state index is -3.10. The number of nitrogens with one attached hydrogen (secondary N) is 1. The molecule has 0 unspecified atom stereocenters. The molecule has 0 bridgehead atoms. The number of piperidine rings is 1. The zero-order valence-corrected chi connectivity index (χ0v) is 13.9.